The maximum atomic E-state index is 13.4. The lowest BCUT2D eigenvalue weighted by atomic mass is 9.91. The first-order chi connectivity index (χ1) is 18.1. The number of aromatic nitrogens is 1. The summed E-state index contributed by atoms with van der Waals surface area (Å²) in [4.78, 5) is 14.6. The van der Waals surface area contributed by atoms with Crippen LogP contribution in [0.2, 0.25) is 0 Å². The van der Waals surface area contributed by atoms with Crippen LogP contribution in [-0.2, 0) is 0 Å². The van der Waals surface area contributed by atoms with Gasteiger partial charge in [-0.25, -0.2) is 9.18 Å². The molecule has 1 aliphatic heterocycles. The third-order valence-corrected chi connectivity index (χ3v) is 7.12. The van der Waals surface area contributed by atoms with Crippen LogP contribution in [0.1, 0.15) is 30.9 Å². The quantitative estimate of drug-likeness (QED) is 0.191. The summed E-state index contributed by atoms with van der Waals surface area (Å²) in [5.41, 5.74) is 3.43. The lowest BCUT2D eigenvalue weighted by Crippen LogP contribution is -2.34. The van der Waals surface area contributed by atoms with Crippen molar-refractivity contribution in [3.05, 3.63) is 94.7 Å². The lowest BCUT2D eigenvalue weighted by Gasteiger charge is -2.31. The maximum absolute atomic E-state index is 13.4. The predicted octanol–water partition coefficient (Wildman–Crippen LogP) is 6.39. The van der Waals surface area contributed by atoms with E-state index in [4.69, 9.17) is 13.7 Å². The summed E-state index contributed by atoms with van der Waals surface area (Å²) in [6.45, 7) is 3.47. The summed E-state index contributed by atoms with van der Waals surface area (Å²) in [6, 6.07) is 21.6. The Morgan fingerprint density at radius 2 is 1.76 bits per heavy atom. The third-order valence-electron chi connectivity index (χ3n) is 7.12. The number of ether oxygens (including phenoxy) is 1. The number of hydrogen-bond acceptors (Lipinski definition) is 6. The predicted molar refractivity (Wildman–Crippen MR) is 140 cm³/mol. The molecular weight excluding hydrogens is 471 g/mol. The minimum Gasteiger partial charge on any atom is -0.493 e. The zero-order valence-electron chi connectivity index (χ0n) is 20.4. The Balaban J connectivity index is 1.03. The number of halogens is 1. The minimum absolute atomic E-state index is 0.308. The molecule has 3 aromatic carbocycles. The van der Waals surface area contributed by atoms with Crippen LogP contribution < -0.4 is 10.4 Å². The van der Waals surface area contributed by atoms with Crippen LogP contribution >= 0.6 is 0 Å². The first-order valence-electron chi connectivity index (χ1n) is 12.7. The Hall–Kier alpha value is -3.97. The van der Waals surface area contributed by atoms with Crippen LogP contribution in [0.3, 0.4) is 0 Å². The van der Waals surface area contributed by atoms with Crippen molar-refractivity contribution in [2.75, 3.05) is 26.2 Å². The van der Waals surface area contributed by atoms with E-state index in [-0.39, 0.29) is 11.4 Å². The number of benzene rings is 3. The van der Waals surface area contributed by atoms with E-state index in [0.717, 1.165) is 66.5 Å². The summed E-state index contributed by atoms with van der Waals surface area (Å²) in [5, 5.41) is 6.03. The molecule has 1 fully saturated rings. The summed E-state index contributed by atoms with van der Waals surface area (Å²) in [5.74, 6) is 0.707. The van der Waals surface area contributed by atoms with E-state index >= 15 is 0 Å². The molecule has 0 amide bonds. The van der Waals surface area contributed by atoms with Crippen LogP contribution in [-0.4, -0.2) is 36.3 Å². The molecule has 3 heterocycles. The van der Waals surface area contributed by atoms with Gasteiger partial charge < -0.3 is 18.6 Å². The maximum Gasteiger partial charge on any atom is 0.336 e. The molecule has 2 aromatic heterocycles. The Morgan fingerprint density at radius 1 is 0.946 bits per heavy atom. The van der Waals surface area contributed by atoms with Crippen molar-refractivity contribution in [3.8, 4) is 16.9 Å². The van der Waals surface area contributed by atoms with Crippen LogP contribution in [0.15, 0.2) is 86.5 Å². The highest BCUT2D eigenvalue weighted by Gasteiger charge is 2.25. The minimum atomic E-state index is -0.377. The summed E-state index contributed by atoms with van der Waals surface area (Å²) < 4.78 is 30.2. The van der Waals surface area contributed by atoms with Gasteiger partial charge in [0.25, 0.3) is 0 Å². The van der Waals surface area contributed by atoms with Gasteiger partial charge in [-0.1, -0.05) is 35.5 Å². The molecule has 1 saturated heterocycles. The molecule has 0 radical (unpaired) electrons. The monoisotopic (exact) mass is 498 g/mol. The number of piperidine rings is 1. The number of nitrogens with zero attached hydrogens (tertiary/aromatic N) is 2. The molecule has 0 saturated carbocycles. The van der Waals surface area contributed by atoms with Crippen LogP contribution in [0.4, 0.5) is 4.39 Å². The fraction of sp³-hybridized carbons (Fsp3) is 0.267. The summed E-state index contributed by atoms with van der Waals surface area (Å²) in [7, 11) is 0. The molecule has 188 valence electrons. The SMILES string of the molecule is O=c1cc(-c2ccccc2)c2ccc(OCCCN3CCC(c4noc5cc(F)ccc45)CC3)cc2o1. The van der Waals surface area contributed by atoms with Crippen LogP contribution in [0, 0.1) is 5.82 Å². The van der Waals surface area contributed by atoms with E-state index in [2.05, 4.69) is 10.1 Å². The summed E-state index contributed by atoms with van der Waals surface area (Å²) >= 11 is 0. The molecule has 0 bridgehead atoms. The molecule has 0 spiro atoms. The first-order valence-corrected chi connectivity index (χ1v) is 12.7. The van der Waals surface area contributed by atoms with Crippen molar-refractivity contribution >= 4 is 21.9 Å². The molecule has 6 nitrogen and oxygen atoms in total. The Kier molecular flexibility index (Phi) is 6.45. The molecule has 0 atom stereocenters. The van der Waals surface area contributed by atoms with E-state index in [1.807, 2.05) is 42.5 Å². The Bertz CT molecular complexity index is 1590. The first kappa shape index (κ1) is 23.4. The van der Waals surface area contributed by atoms with E-state index in [1.165, 1.54) is 18.2 Å². The van der Waals surface area contributed by atoms with Crippen molar-refractivity contribution in [3.63, 3.8) is 0 Å². The number of hydrogen-bond donors (Lipinski definition) is 0. The summed E-state index contributed by atoms with van der Waals surface area (Å²) in [6.07, 6.45) is 2.88. The Labute approximate surface area is 213 Å². The van der Waals surface area contributed by atoms with Gasteiger partial charge in [0, 0.05) is 41.4 Å². The zero-order valence-corrected chi connectivity index (χ0v) is 20.4. The number of fused-ring (bicyclic) bond motifs is 2. The highest BCUT2D eigenvalue weighted by molar-refractivity contribution is 5.93. The average molecular weight is 499 g/mol. The topological polar surface area (TPSA) is 68.7 Å². The van der Waals surface area contributed by atoms with Crippen molar-refractivity contribution in [1.82, 2.24) is 10.1 Å². The molecule has 1 aliphatic rings. The second kappa shape index (κ2) is 10.2. The van der Waals surface area contributed by atoms with Gasteiger partial charge in [-0.3, -0.25) is 0 Å². The smallest absolute Gasteiger partial charge is 0.336 e. The van der Waals surface area contributed by atoms with Crippen molar-refractivity contribution in [2.45, 2.75) is 25.2 Å². The molecule has 0 unspecified atom stereocenters. The largest absolute Gasteiger partial charge is 0.493 e. The molecule has 37 heavy (non-hydrogen) atoms. The highest BCUT2D eigenvalue weighted by atomic mass is 19.1. The normalized spacial score (nSPS) is 14.9. The zero-order chi connectivity index (χ0) is 25.2. The molecule has 0 N–H and O–H groups in total. The fourth-order valence-corrected chi connectivity index (χ4v) is 5.22. The van der Waals surface area contributed by atoms with Gasteiger partial charge in [-0.15, -0.1) is 0 Å². The van der Waals surface area contributed by atoms with E-state index < -0.39 is 0 Å². The number of rotatable bonds is 7. The second-order valence-corrected chi connectivity index (χ2v) is 9.53. The fourth-order valence-electron chi connectivity index (χ4n) is 5.22. The van der Waals surface area contributed by atoms with Gasteiger partial charge in [0.15, 0.2) is 5.58 Å². The average Bonchev–Trinajstić information content (AvgIpc) is 3.34. The lowest BCUT2D eigenvalue weighted by molar-refractivity contribution is 0.191. The molecular formula is C30H27FN2O4. The van der Waals surface area contributed by atoms with Gasteiger partial charge in [0.1, 0.15) is 17.1 Å². The van der Waals surface area contributed by atoms with E-state index in [1.54, 1.807) is 12.1 Å². The Morgan fingerprint density at radius 3 is 2.59 bits per heavy atom. The van der Waals surface area contributed by atoms with Gasteiger partial charge in [-0.05, 0) is 67.7 Å². The molecule has 5 aromatic rings. The van der Waals surface area contributed by atoms with Gasteiger partial charge in [-0.2, -0.15) is 0 Å². The van der Waals surface area contributed by atoms with E-state index in [0.29, 0.717) is 29.4 Å². The van der Waals surface area contributed by atoms with Crippen molar-refractivity contribution in [1.29, 1.82) is 0 Å². The highest BCUT2D eigenvalue weighted by Crippen LogP contribution is 2.33. The van der Waals surface area contributed by atoms with Crippen molar-refractivity contribution in [2.24, 2.45) is 0 Å². The number of likely N-dealkylation sites (tertiary alicyclic amines) is 1. The standard InChI is InChI=1S/C30H27FN2O4/c31-22-7-9-25-28(17-22)37-32-30(25)21-11-14-33(15-12-21)13-4-16-35-23-8-10-24-26(20-5-2-1-3-6-20)19-29(34)36-27(24)18-23/h1-3,5-10,17-19,21H,4,11-16H2. The van der Waals surface area contributed by atoms with Crippen LogP contribution in [0.25, 0.3) is 33.1 Å². The van der Waals surface area contributed by atoms with Crippen molar-refractivity contribution < 1.29 is 18.1 Å². The van der Waals surface area contributed by atoms with Gasteiger partial charge in [0.2, 0.25) is 0 Å². The van der Waals surface area contributed by atoms with Crippen LogP contribution in [0.5, 0.6) is 5.75 Å². The third kappa shape index (κ3) is 5.00. The van der Waals surface area contributed by atoms with Gasteiger partial charge >= 0.3 is 5.63 Å². The second-order valence-electron chi connectivity index (χ2n) is 9.53. The molecule has 6 rings (SSSR count). The molecule has 7 heteroatoms. The van der Waals surface area contributed by atoms with Gasteiger partial charge in [0.05, 0.1) is 12.3 Å². The molecule has 0 aliphatic carbocycles. The van der Waals surface area contributed by atoms with E-state index in [9.17, 15) is 9.18 Å².